The van der Waals surface area contributed by atoms with Gasteiger partial charge in [-0.1, -0.05) is 42.5 Å². The fourth-order valence-electron chi connectivity index (χ4n) is 3.93. The van der Waals surface area contributed by atoms with Crippen LogP contribution in [0.2, 0.25) is 0 Å². The van der Waals surface area contributed by atoms with Gasteiger partial charge in [0.05, 0.1) is 15.5 Å². The first kappa shape index (κ1) is 23.1. The third-order valence-electron chi connectivity index (χ3n) is 5.61. The minimum atomic E-state index is -4.20. The number of furan rings is 1. The van der Waals surface area contributed by atoms with E-state index < -0.39 is 27.4 Å². The van der Waals surface area contributed by atoms with Crippen molar-refractivity contribution in [2.75, 3.05) is 16.2 Å². The molecule has 0 saturated heterocycles. The second-order valence-electron chi connectivity index (χ2n) is 7.96. The fraction of sp³-hybridized carbons (Fsp3) is 0.0385. The van der Waals surface area contributed by atoms with Gasteiger partial charge >= 0.3 is 0 Å². The molecule has 0 bridgehead atoms. The van der Waals surface area contributed by atoms with Crippen molar-refractivity contribution in [2.24, 2.45) is 0 Å². The SMILES string of the molecule is O=C(CN(c1cccc([N+](=O)[O-])c1)S(=O)(=O)c1ccccc1)Nc1ccc2c(c1)oc1ccccc12. The summed E-state index contributed by atoms with van der Waals surface area (Å²) < 4.78 is 33.6. The Morgan fingerprint density at radius 2 is 1.58 bits per heavy atom. The van der Waals surface area contributed by atoms with E-state index in [1.807, 2.05) is 30.3 Å². The molecule has 5 rings (SSSR count). The van der Waals surface area contributed by atoms with Crippen molar-refractivity contribution in [1.29, 1.82) is 0 Å². The van der Waals surface area contributed by atoms with Crippen LogP contribution in [-0.2, 0) is 14.8 Å². The summed E-state index contributed by atoms with van der Waals surface area (Å²) in [6, 6.07) is 25.4. The van der Waals surface area contributed by atoms with E-state index in [9.17, 15) is 23.3 Å². The summed E-state index contributed by atoms with van der Waals surface area (Å²) >= 11 is 0. The number of para-hydroxylation sites is 1. The maximum atomic E-state index is 13.4. The number of nitro groups is 1. The molecule has 5 aromatic rings. The summed E-state index contributed by atoms with van der Waals surface area (Å²) in [5.41, 5.74) is 1.40. The van der Waals surface area contributed by atoms with Crippen molar-refractivity contribution in [3.05, 3.63) is 107 Å². The number of carbonyl (C=O) groups excluding carboxylic acids is 1. The third-order valence-corrected chi connectivity index (χ3v) is 7.40. The van der Waals surface area contributed by atoms with Gasteiger partial charge in [-0.15, -0.1) is 0 Å². The number of hydrogen-bond donors (Lipinski definition) is 1. The maximum absolute atomic E-state index is 13.4. The highest BCUT2D eigenvalue weighted by molar-refractivity contribution is 7.92. The second kappa shape index (κ2) is 9.16. The Kier molecular flexibility index (Phi) is 5.87. The molecule has 0 fully saturated rings. The van der Waals surface area contributed by atoms with E-state index in [1.165, 1.54) is 30.3 Å². The zero-order valence-corrected chi connectivity index (χ0v) is 19.5. The Morgan fingerprint density at radius 1 is 0.861 bits per heavy atom. The number of anilines is 2. The Balaban J connectivity index is 1.47. The Hall–Kier alpha value is -4.70. The van der Waals surface area contributed by atoms with Crippen LogP contribution in [0.4, 0.5) is 17.1 Å². The summed E-state index contributed by atoms with van der Waals surface area (Å²) in [5, 5.41) is 15.8. The molecule has 180 valence electrons. The van der Waals surface area contributed by atoms with Gasteiger partial charge in [0.25, 0.3) is 15.7 Å². The average molecular weight is 502 g/mol. The molecule has 10 heteroatoms. The molecule has 0 aliphatic rings. The first-order chi connectivity index (χ1) is 17.3. The number of amides is 1. The summed E-state index contributed by atoms with van der Waals surface area (Å²) in [5.74, 6) is -0.628. The normalized spacial score (nSPS) is 11.4. The van der Waals surface area contributed by atoms with Gasteiger partial charge in [0.1, 0.15) is 17.7 Å². The lowest BCUT2D eigenvalue weighted by atomic mass is 10.1. The minimum absolute atomic E-state index is 0.00376. The molecule has 0 spiro atoms. The molecule has 9 nitrogen and oxygen atoms in total. The van der Waals surface area contributed by atoms with E-state index in [1.54, 1.807) is 30.3 Å². The molecular formula is C26H19N3O6S. The number of benzene rings is 4. The second-order valence-corrected chi connectivity index (χ2v) is 9.82. The van der Waals surface area contributed by atoms with E-state index in [-0.39, 0.29) is 16.3 Å². The van der Waals surface area contributed by atoms with Crippen LogP contribution in [0, 0.1) is 10.1 Å². The number of fused-ring (bicyclic) bond motifs is 3. The van der Waals surface area contributed by atoms with Crippen LogP contribution in [0.1, 0.15) is 0 Å². The number of hydrogen-bond acceptors (Lipinski definition) is 6. The zero-order valence-electron chi connectivity index (χ0n) is 18.7. The number of nitrogens with one attached hydrogen (secondary N) is 1. The minimum Gasteiger partial charge on any atom is -0.456 e. The van der Waals surface area contributed by atoms with E-state index in [4.69, 9.17) is 4.42 Å². The molecule has 1 N–H and O–H groups in total. The van der Waals surface area contributed by atoms with Crippen molar-refractivity contribution in [1.82, 2.24) is 0 Å². The van der Waals surface area contributed by atoms with E-state index in [0.717, 1.165) is 21.1 Å². The lowest BCUT2D eigenvalue weighted by Crippen LogP contribution is -2.38. The largest absolute Gasteiger partial charge is 0.456 e. The number of nitro benzene ring substituents is 1. The fourth-order valence-corrected chi connectivity index (χ4v) is 5.36. The average Bonchev–Trinajstić information content (AvgIpc) is 3.25. The Bertz CT molecular complexity index is 1710. The lowest BCUT2D eigenvalue weighted by molar-refractivity contribution is -0.384. The van der Waals surface area contributed by atoms with Gasteiger partial charge in [0.15, 0.2) is 0 Å². The van der Waals surface area contributed by atoms with Gasteiger partial charge in [-0.2, -0.15) is 0 Å². The van der Waals surface area contributed by atoms with E-state index in [2.05, 4.69) is 5.32 Å². The van der Waals surface area contributed by atoms with Crippen molar-refractivity contribution in [3.63, 3.8) is 0 Å². The summed E-state index contributed by atoms with van der Waals surface area (Å²) in [7, 11) is -4.20. The molecule has 0 atom stereocenters. The van der Waals surface area contributed by atoms with Crippen molar-refractivity contribution in [2.45, 2.75) is 4.90 Å². The van der Waals surface area contributed by atoms with Crippen LogP contribution in [0.3, 0.4) is 0 Å². The number of rotatable bonds is 7. The highest BCUT2D eigenvalue weighted by atomic mass is 32.2. The van der Waals surface area contributed by atoms with Gasteiger partial charge in [0.2, 0.25) is 5.91 Å². The zero-order chi connectivity index (χ0) is 25.3. The van der Waals surface area contributed by atoms with Crippen LogP contribution in [0.15, 0.2) is 106 Å². The Labute approximate surface area is 205 Å². The molecule has 0 aliphatic carbocycles. The third kappa shape index (κ3) is 4.37. The van der Waals surface area contributed by atoms with Crippen LogP contribution in [0.5, 0.6) is 0 Å². The number of non-ortho nitro benzene ring substituents is 1. The van der Waals surface area contributed by atoms with Gasteiger partial charge in [-0.3, -0.25) is 19.2 Å². The topological polar surface area (TPSA) is 123 Å². The standard InChI is InChI=1S/C26H19N3O6S/c30-26(27-18-13-14-23-22-11-4-5-12-24(22)35-25(23)15-18)17-28(19-7-6-8-20(16-19)29(31)32)36(33,34)21-9-2-1-3-10-21/h1-16H,17H2,(H,27,30). The molecule has 4 aromatic carbocycles. The molecular weight excluding hydrogens is 482 g/mol. The molecule has 1 heterocycles. The molecule has 36 heavy (non-hydrogen) atoms. The predicted octanol–water partition coefficient (Wildman–Crippen LogP) is 5.33. The number of sulfonamides is 1. The first-order valence-corrected chi connectivity index (χ1v) is 12.3. The Morgan fingerprint density at radius 3 is 2.36 bits per heavy atom. The summed E-state index contributed by atoms with van der Waals surface area (Å²) in [6.07, 6.45) is 0. The number of carbonyl (C=O) groups is 1. The van der Waals surface area contributed by atoms with Crippen molar-refractivity contribution >= 4 is 54.9 Å². The molecule has 0 saturated carbocycles. The van der Waals surface area contributed by atoms with Gasteiger partial charge in [0, 0.05) is 34.7 Å². The summed E-state index contributed by atoms with van der Waals surface area (Å²) in [6.45, 7) is -0.601. The van der Waals surface area contributed by atoms with Crippen LogP contribution in [0.25, 0.3) is 21.9 Å². The maximum Gasteiger partial charge on any atom is 0.271 e. The monoisotopic (exact) mass is 501 g/mol. The summed E-state index contributed by atoms with van der Waals surface area (Å²) in [4.78, 5) is 23.6. The molecule has 0 aliphatic heterocycles. The van der Waals surface area contributed by atoms with Gasteiger partial charge in [-0.25, -0.2) is 8.42 Å². The van der Waals surface area contributed by atoms with Crippen LogP contribution >= 0.6 is 0 Å². The van der Waals surface area contributed by atoms with Crippen LogP contribution in [-0.4, -0.2) is 25.8 Å². The first-order valence-electron chi connectivity index (χ1n) is 10.9. The van der Waals surface area contributed by atoms with E-state index in [0.29, 0.717) is 16.9 Å². The van der Waals surface area contributed by atoms with Crippen molar-refractivity contribution in [3.8, 4) is 0 Å². The highest BCUT2D eigenvalue weighted by Crippen LogP contribution is 2.31. The van der Waals surface area contributed by atoms with E-state index >= 15 is 0 Å². The quantitative estimate of drug-likeness (QED) is 0.238. The van der Waals surface area contributed by atoms with Gasteiger partial charge in [-0.05, 0) is 36.4 Å². The van der Waals surface area contributed by atoms with Gasteiger partial charge < -0.3 is 9.73 Å². The van der Waals surface area contributed by atoms with Crippen molar-refractivity contribution < 1.29 is 22.6 Å². The molecule has 1 amide bonds. The highest BCUT2D eigenvalue weighted by Gasteiger charge is 2.28. The molecule has 0 unspecified atom stereocenters. The lowest BCUT2D eigenvalue weighted by Gasteiger charge is -2.24. The van der Waals surface area contributed by atoms with Crippen LogP contribution < -0.4 is 9.62 Å². The molecule has 1 aromatic heterocycles. The molecule has 0 radical (unpaired) electrons. The number of nitrogens with zero attached hydrogens (tertiary/aromatic N) is 2. The smallest absolute Gasteiger partial charge is 0.271 e. The predicted molar refractivity (Wildman–Crippen MR) is 136 cm³/mol.